The third kappa shape index (κ3) is 2.92. The van der Waals surface area contributed by atoms with E-state index in [1.54, 1.807) is 13.2 Å². The summed E-state index contributed by atoms with van der Waals surface area (Å²) in [6, 6.07) is 11.1. The maximum Gasteiger partial charge on any atom is 0.143 e. The molecule has 1 aliphatic rings. The van der Waals surface area contributed by atoms with E-state index in [2.05, 4.69) is 5.32 Å². The second kappa shape index (κ2) is 6.42. The van der Waals surface area contributed by atoms with Gasteiger partial charge in [0.25, 0.3) is 0 Å². The van der Waals surface area contributed by atoms with Gasteiger partial charge in [-0.2, -0.15) is 0 Å². The number of anilines is 1. The van der Waals surface area contributed by atoms with Crippen LogP contribution in [0.1, 0.15) is 17.2 Å². The van der Waals surface area contributed by atoms with Gasteiger partial charge in [0.2, 0.25) is 0 Å². The first-order valence-corrected chi connectivity index (χ1v) is 7.80. The lowest BCUT2D eigenvalue weighted by Crippen LogP contribution is -2.13. The Morgan fingerprint density at radius 1 is 1.23 bits per heavy atom. The number of methoxy groups -OCH3 is 1. The van der Waals surface area contributed by atoms with Crippen molar-refractivity contribution in [2.75, 3.05) is 19.0 Å². The predicted molar refractivity (Wildman–Crippen MR) is 93.5 cm³/mol. The highest BCUT2D eigenvalue weighted by molar-refractivity contribution is 7.80. The Hall–Kier alpha value is -1.33. The van der Waals surface area contributed by atoms with Crippen LogP contribution in [0, 0.1) is 0 Å². The Balaban J connectivity index is 2.17. The molecule has 6 heteroatoms. The van der Waals surface area contributed by atoms with E-state index in [0.29, 0.717) is 27.4 Å². The molecule has 114 valence electrons. The lowest BCUT2D eigenvalue weighted by atomic mass is 9.99. The summed E-state index contributed by atoms with van der Waals surface area (Å²) in [5.74, 6) is 0.591. The molecule has 0 bridgehead atoms. The third-order valence-corrected chi connectivity index (χ3v) is 4.19. The second-order valence-corrected chi connectivity index (χ2v) is 6.17. The van der Waals surface area contributed by atoms with Crippen LogP contribution in [-0.4, -0.2) is 18.7 Å². The molecule has 0 unspecified atom stereocenters. The zero-order valence-electron chi connectivity index (χ0n) is 11.7. The predicted octanol–water partition coefficient (Wildman–Crippen LogP) is 4.86. The van der Waals surface area contributed by atoms with Crippen LogP contribution >= 0.6 is 35.4 Å². The second-order valence-electron chi connectivity index (χ2n) is 4.83. The summed E-state index contributed by atoms with van der Waals surface area (Å²) in [7, 11) is 1.59. The minimum atomic E-state index is -0.365. The Morgan fingerprint density at radius 3 is 2.82 bits per heavy atom. The van der Waals surface area contributed by atoms with Crippen molar-refractivity contribution in [1.29, 1.82) is 0 Å². The normalized spacial score (nSPS) is 17.4. The lowest BCUT2D eigenvalue weighted by molar-refractivity contribution is 0.113. The summed E-state index contributed by atoms with van der Waals surface area (Å²) < 4.78 is 11.4. The number of para-hydroxylation sites is 1. The average molecular weight is 354 g/mol. The van der Waals surface area contributed by atoms with Crippen molar-refractivity contribution in [3.8, 4) is 5.75 Å². The number of ether oxygens (including phenoxy) is 2. The zero-order chi connectivity index (χ0) is 15.7. The molecule has 0 aliphatic carbocycles. The quantitative estimate of drug-likeness (QED) is 0.780. The van der Waals surface area contributed by atoms with Crippen LogP contribution in [-0.2, 0) is 4.74 Å². The van der Waals surface area contributed by atoms with Crippen molar-refractivity contribution in [2.24, 2.45) is 0 Å². The summed E-state index contributed by atoms with van der Waals surface area (Å²) in [4.78, 5) is 0.618. The molecule has 0 radical (unpaired) electrons. The molecule has 0 aromatic heterocycles. The van der Waals surface area contributed by atoms with Gasteiger partial charge in [0.15, 0.2) is 0 Å². The van der Waals surface area contributed by atoms with Crippen molar-refractivity contribution in [1.82, 2.24) is 0 Å². The van der Waals surface area contributed by atoms with Gasteiger partial charge >= 0.3 is 0 Å². The molecule has 3 rings (SSSR count). The largest absolute Gasteiger partial charge is 0.495 e. The molecule has 0 spiro atoms. The molecule has 0 amide bonds. The van der Waals surface area contributed by atoms with E-state index < -0.39 is 0 Å². The Labute approximate surface area is 144 Å². The molecule has 1 atom stereocenters. The number of halogens is 2. The molecule has 1 N–H and O–H groups in total. The van der Waals surface area contributed by atoms with E-state index in [4.69, 9.17) is 44.9 Å². The van der Waals surface area contributed by atoms with Crippen molar-refractivity contribution < 1.29 is 9.47 Å². The van der Waals surface area contributed by atoms with Crippen LogP contribution in [0.25, 0.3) is 0 Å². The molecule has 0 saturated carbocycles. The van der Waals surface area contributed by atoms with Crippen LogP contribution in [0.2, 0.25) is 10.0 Å². The Kier molecular flexibility index (Phi) is 4.54. The minimum absolute atomic E-state index is 0.308. The number of thiocarbonyl (C=S) groups is 1. The smallest absolute Gasteiger partial charge is 0.143 e. The first-order valence-electron chi connectivity index (χ1n) is 6.63. The molecule has 0 saturated heterocycles. The van der Waals surface area contributed by atoms with E-state index in [-0.39, 0.29) is 6.10 Å². The standard InChI is InChI=1S/C16H13Cl2NO2S/c1-20-16-10(3-2-4-12(16)18)15-11-7-9(17)5-6-13(11)19-14(22)8-21-15/h2-7,15H,8H2,1H3,(H,19,22)/t15-/m1/s1. The van der Waals surface area contributed by atoms with Gasteiger partial charge in [0, 0.05) is 21.8 Å². The molecule has 2 aromatic carbocycles. The van der Waals surface area contributed by atoms with Crippen LogP contribution in [0.5, 0.6) is 5.75 Å². The summed E-state index contributed by atoms with van der Waals surface area (Å²) in [5, 5.41) is 4.34. The highest BCUT2D eigenvalue weighted by atomic mass is 35.5. The van der Waals surface area contributed by atoms with Gasteiger partial charge in [0.1, 0.15) is 16.8 Å². The number of rotatable bonds is 2. The van der Waals surface area contributed by atoms with E-state index in [9.17, 15) is 0 Å². The van der Waals surface area contributed by atoms with Gasteiger partial charge in [0.05, 0.1) is 18.7 Å². The van der Waals surface area contributed by atoms with E-state index in [0.717, 1.165) is 16.8 Å². The van der Waals surface area contributed by atoms with Gasteiger partial charge < -0.3 is 14.8 Å². The van der Waals surface area contributed by atoms with Crippen LogP contribution in [0.3, 0.4) is 0 Å². The fourth-order valence-electron chi connectivity index (χ4n) is 2.50. The van der Waals surface area contributed by atoms with Gasteiger partial charge in [-0.25, -0.2) is 0 Å². The average Bonchev–Trinajstić information content (AvgIpc) is 2.65. The highest BCUT2D eigenvalue weighted by Crippen LogP contribution is 2.41. The van der Waals surface area contributed by atoms with E-state index >= 15 is 0 Å². The van der Waals surface area contributed by atoms with E-state index in [1.807, 2.05) is 30.3 Å². The molecule has 1 aliphatic heterocycles. The number of nitrogens with one attached hydrogen (secondary N) is 1. The summed E-state index contributed by atoms with van der Waals surface area (Å²) in [6.07, 6.45) is -0.365. The number of fused-ring (bicyclic) bond motifs is 1. The molecule has 0 fully saturated rings. The monoisotopic (exact) mass is 353 g/mol. The summed E-state index contributed by atoms with van der Waals surface area (Å²) >= 11 is 17.6. The highest BCUT2D eigenvalue weighted by Gasteiger charge is 2.26. The van der Waals surface area contributed by atoms with Crippen LogP contribution < -0.4 is 10.1 Å². The van der Waals surface area contributed by atoms with Crippen molar-refractivity contribution in [2.45, 2.75) is 6.10 Å². The van der Waals surface area contributed by atoms with E-state index in [1.165, 1.54) is 0 Å². The van der Waals surface area contributed by atoms with Gasteiger partial charge in [-0.1, -0.05) is 47.6 Å². The first kappa shape index (κ1) is 15.6. The van der Waals surface area contributed by atoms with Crippen LogP contribution in [0.15, 0.2) is 36.4 Å². The van der Waals surface area contributed by atoms with Crippen molar-refractivity contribution in [3.63, 3.8) is 0 Å². The SMILES string of the molecule is COc1c(Cl)cccc1[C@H]1OCC(=S)Nc2ccc(Cl)cc21. The van der Waals surface area contributed by atoms with Crippen LogP contribution in [0.4, 0.5) is 5.69 Å². The molecular weight excluding hydrogens is 341 g/mol. The number of hydrogen-bond acceptors (Lipinski definition) is 3. The fraction of sp³-hybridized carbons (Fsp3) is 0.188. The maximum absolute atomic E-state index is 6.23. The minimum Gasteiger partial charge on any atom is -0.495 e. The zero-order valence-corrected chi connectivity index (χ0v) is 14.1. The molecule has 22 heavy (non-hydrogen) atoms. The summed E-state index contributed by atoms with van der Waals surface area (Å²) in [5.41, 5.74) is 2.61. The fourth-order valence-corrected chi connectivity index (χ4v) is 3.12. The number of benzene rings is 2. The molecule has 1 heterocycles. The van der Waals surface area contributed by atoms with Crippen molar-refractivity contribution >= 4 is 46.1 Å². The lowest BCUT2D eigenvalue weighted by Gasteiger charge is -2.21. The topological polar surface area (TPSA) is 30.5 Å². The van der Waals surface area contributed by atoms with Crippen molar-refractivity contribution in [3.05, 3.63) is 57.6 Å². The molecule has 2 aromatic rings. The van der Waals surface area contributed by atoms with Gasteiger partial charge in [-0.15, -0.1) is 0 Å². The Bertz CT molecular complexity index is 736. The Morgan fingerprint density at radius 2 is 2.05 bits per heavy atom. The molecule has 3 nitrogen and oxygen atoms in total. The van der Waals surface area contributed by atoms with Gasteiger partial charge in [-0.05, 0) is 24.3 Å². The maximum atomic E-state index is 6.23. The number of hydrogen-bond donors (Lipinski definition) is 1. The summed E-state index contributed by atoms with van der Waals surface area (Å²) in [6.45, 7) is 0.308. The first-order chi connectivity index (χ1) is 10.6. The van der Waals surface area contributed by atoms with Gasteiger partial charge in [-0.3, -0.25) is 0 Å². The third-order valence-electron chi connectivity index (χ3n) is 3.44. The molecular formula is C16H13Cl2NO2S.